The van der Waals surface area contributed by atoms with E-state index in [1.54, 1.807) is 26.0 Å². The molecule has 0 spiro atoms. The Balaban J connectivity index is 2.51. The highest BCUT2D eigenvalue weighted by Crippen LogP contribution is 2.22. The molecule has 0 saturated carbocycles. The van der Waals surface area contributed by atoms with Crippen LogP contribution in [0, 0.1) is 19.7 Å². The van der Waals surface area contributed by atoms with Crippen LogP contribution in [-0.4, -0.2) is 16.7 Å². The molecule has 0 amide bonds. The third kappa shape index (κ3) is 2.60. The normalized spacial score (nSPS) is 10.7. The molecule has 0 radical (unpaired) electrons. The first-order chi connectivity index (χ1) is 9.45. The van der Waals surface area contributed by atoms with Crippen LogP contribution in [0.4, 0.5) is 4.39 Å². The summed E-state index contributed by atoms with van der Waals surface area (Å²) >= 11 is 3.38. The lowest BCUT2D eigenvalue weighted by Crippen LogP contribution is -2.27. The average molecular weight is 341 g/mol. The molecule has 1 aromatic carbocycles. The van der Waals surface area contributed by atoms with E-state index in [0.717, 1.165) is 4.47 Å². The van der Waals surface area contributed by atoms with Crippen LogP contribution in [0.5, 0.6) is 5.75 Å². The number of benzene rings is 1. The SMILES string of the molecule is COc1cccc(Cn2c(C)c(Br)c(C)nc2=O)c1F. The molecule has 0 bridgehead atoms. The summed E-state index contributed by atoms with van der Waals surface area (Å²) in [7, 11) is 1.41. The zero-order valence-electron chi connectivity index (χ0n) is 11.4. The van der Waals surface area contributed by atoms with Gasteiger partial charge in [-0.25, -0.2) is 9.18 Å². The van der Waals surface area contributed by atoms with Crippen LogP contribution in [0.2, 0.25) is 0 Å². The molecular formula is C14H14BrFN2O2. The van der Waals surface area contributed by atoms with E-state index in [1.165, 1.54) is 17.7 Å². The van der Waals surface area contributed by atoms with Gasteiger partial charge < -0.3 is 4.74 Å². The Bertz CT molecular complexity index is 713. The quantitative estimate of drug-likeness (QED) is 0.862. The highest BCUT2D eigenvalue weighted by molar-refractivity contribution is 9.10. The van der Waals surface area contributed by atoms with Gasteiger partial charge in [0.05, 0.1) is 23.8 Å². The molecule has 0 aliphatic heterocycles. The zero-order valence-corrected chi connectivity index (χ0v) is 13.0. The smallest absolute Gasteiger partial charge is 0.348 e. The molecule has 20 heavy (non-hydrogen) atoms. The first kappa shape index (κ1) is 14.7. The number of aryl methyl sites for hydroxylation is 1. The molecule has 0 aliphatic carbocycles. The highest BCUT2D eigenvalue weighted by atomic mass is 79.9. The minimum absolute atomic E-state index is 0.111. The predicted octanol–water partition coefficient (Wildman–Crippen LogP) is 2.82. The largest absolute Gasteiger partial charge is 0.494 e. The van der Waals surface area contributed by atoms with Gasteiger partial charge in [-0.2, -0.15) is 4.98 Å². The summed E-state index contributed by atoms with van der Waals surface area (Å²) < 4.78 is 21.2. The summed E-state index contributed by atoms with van der Waals surface area (Å²) in [5, 5.41) is 0. The average Bonchev–Trinajstić information content (AvgIpc) is 2.43. The lowest BCUT2D eigenvalue weighted by atomic mass is 10.2. The summed E-state index contributed by atoms with van der Waals surface area (Å²) in [6, 6.07) is 4.85. The Hall–Kier alpha value is -1.69. The number of hydrogen-bond donors (Lipinski definition) is 0. The summed E-state index contributed by atoms with van der Waals surface area (Å²) in [5.74, 6) is -0.301. The van der Waals surface area contributed by atoms with Gasteiger partial charge in [0.15, 0.2) is 11.6 Å². The van der Waals surface area contributed by atoms with Crippen molar-refractivity contribution in [3.8, 4) is 5.75 Å². The number of methoxy groups -OCH3 is 1. The van der Waals surface area contributed by atoms with Crippen LogP contribution in [0.1, 0.15) is 17.0 Å². The Morgan fingerprint density at radius 3 is 2.75 bits per heavy atom. The summed E-state index contributed by atoms with van der Waals surface area (Å²) in [4.78, 5) is 15.9. The van der Waals surface area contributed by atoms with Gasteiger partial charge in [-0.3, -0.25) is 4.57 Å². The second-order valence-corrected chi connectivity index (χ2v) is 5.19. The molecule has 4 nitrogen and oxygen atoms in total. The molecule has 2 rings (SSSR count). The van der Waals surface area contributed by atoms with Gasteiger partial charge in [0.2, 0.25) is 0 Å². The van der Waals surface area contributed by atoms with Gasteiger partial charge in [-0.05, 0) is 35.8 Å². The van der Waals surface area contributed by atoms with Crippen molar-refractivity contribution < 1.29 is 9.13 Å². The molecule has 0 saturated heterocycles. The van der Waals surface area contributed by atoms with Gasteiger partial charge in [0.1, 0.15) is 0 Å². The topological polar surface area (TPSA) is 44.1 Å². The molecule has 0 fully saturated rings. The first-order valence-electron chi connectivity index (χ1n) is 6.00. The summed E-state index contributed by atoms with van der Waals surface area (Å²) in [6.45, 7) is 3.65. The third-order valence-corrected chi connectivity index (χ3v) is 4.27. The Kier molecular flexibility index (Phi) is 4.23. The van der Waals surface area contributed by atoms with Crippen molar-refractivity contribution in [2.45, 2.75) is 20.4 Å². The second kappa shape index (κ2) is 5.75. The zero-order chi connectivity index (χ0) is 14.9. The summed E-state index contributed by atoms with van der Waals surface area (Å²) in [6.07, 6.45) is 0. The lowest BCUT2D eigenvalue weighted by Gasteiger charge is -2.13. The Morgan fingerprint density at radius 1 is 1.40 bits per heavy atom. The van der Waals surface area contributed by atoms with Crippen molar-refractivity contribution in [3.05, 3.63) is 55.9 Å². The van der Waals surface area contributed by atoms with E-state index in [-0.39, 0.29) is 12.3 Å². The van der Waals surface area contributed by atoms with Crippen molar-refractivity contribution in [3.63, 3.8) is 0 Å². The number of aromatic nitrogens is 2. The van der Waals surface area contributed by atoms with Gasteiger partial charge in [0, 0.05) is 11.3 Å². The maximum atomic E-state index is 14.1. The van der Waals surface area contributed by atoms with Crippen LogP contribution in [0.3, 0.4) is 0 Å². The van der Waals surface area contributed by atoms with Crippen LogP contribution < -0.4 is 10.4 Å². The molecule has 0 unspecified atom stereocenters. The number of ether oxygens (including phenoxy) is 1. The lowest BCUT2D eigenvalue weighted by molar-refractivity contribution is 0.383. The minimum atomic E-state index is -0.460. The minimum Gasteiger partial charge on any atom is -0.494 e. The van der Waals surface area contributed by atoms with Crippen LogP contribution in [-0.2, 0) is 6.54 Å². The molecular weight excluding hydrogens is 327 g/mol. The maximum Gasteiger partial charge on any atom is 0.348 e. The van der Waals surface area contributed by atoms with E-state index >= 15 is 0 Å². The molecule has 0 aliphatic rings. The fourth-order valence-corrected chi connectivity index (χ4v) is 2.27. The van der Waals surface area contributed by atoms with Crippen LogP contribution in [0.15, 0.2) is 27.5 Å². The third-order valence-electron chi connectivity index (χ3n) is 3.13. The second-order valence-electron chi connectivity index (χ2n) is 4.40. The van der Waals surface area contributed by atoms with Crippen molar-refractivity contribution in [2.24, 2.45) is 0 Å². The van der Waals surface area contributed by atoms with Gasteiger partial charge >= 0.3 is 5.69 Å². The van der Waals surface area contributed by atoms with Gasteiger partial charge in [0.25, 0.3) is 0 Å². The molecule has 1 aromatic heterocycles. The number of halogens is 2. The van der Waals surface area contributed by atoms with Crippen LogP contribution >= 0.6 is 15.9 Å². The fourth-order valence-electron chi connectivity index (χ4n) is 1.97. The molecule has 106 valence electrons. The standard InChI is InChI=1S/C14H14BrFN2O2/c1-8-12(15)9(2)18(14(19)17-8)7-10-5-4-6-11(20-3)13(10)16/h4-6H,7H2,1-3H3. The van der Waals surface area contributed by atoms with Crippen molar-refractivity contribution in [1.29, 1.82) is 0 Å². The summed E-state index contributed by atoms with van der Waals surface area (Å²) in [5.41, 5.74) is 1.32. The van der Waals surface area contributed by atoms with E-state index in [2.05, 4.69) is 20.9 Å². The van der Waals surface area contributed by atoms with E-state index < -0.39 is 11.5 Å². The molecule has 0 atom stereocenters. The number of hydrogen-bond acceptors (Lipinski definition) is 3. The van der Waals surface area contributed by atoms with Crippen molar-refractivity contribution >= 4 is 15.9 Å². The van der Waals surface area contributed by atoms with Crippen molar-refractivity contribution in [2.75, 3.05) is 7.11 Å². The van der Waals surface area contributed by atoms with E-state index in [0.29, 0.717) is 17.0 Å². The number of rotatable bonds is 3. The van der Waals surface area contributed by atoms with Gasteiger partial charge in [-0.15, -0.1) is 0 Å². The molecule has 1 heterocycles. The monoisotopic (exact) mass is 340 g/mol. The maximum absolute atomic E-state index is 14.1. The predicted molar refractivity (Wildman–Crippen MR) is 77.7 cm³/mol. The van der Waals surface area contributed by atoms with Gasteiger partial charge in [-0.1, -0.05) is 12.1 Å². The van der Waals surface area contributed by atoms with E-state index in [1.807, 2.05) is 0 Å². The first-order valence-corrected chi connectivity index (χ1v) is 6.80. The fraction of sp³-hybridized carbons (Fsp3) is 0.286. The number of nitrogens with zero attached hydrogens (tertiary/aromatic N) is 2. The van der Waals surface area contributed by atoms with E-state index in [9.17, 15) is 9.18 Å². The Morgan fingerprint density at radius 2 is 2.10 bits per heavy atom. The van der Waals surface area contributed by atoms with Crippen LogP contribution in [0.25, 0.3) is 0 Å². The Labute approximate surface area is 124 Å². The highest BCUT2D eigenvalue weighted by Gasteiger charge is 2.13. The molecule has 0 N–H and O–H groups in total. The van der Waals surface area contributed by atoms with E-state index in [4.69, 9.17) is 4.74 Å². The molecule has 6 heteroatoms. The molecule has 2 aromatic rings. The van der Waals surface area contributed by atoms with Crippen molar-refractivity contribution in [1.82, 2.24) is 9.55 Å².